The molecule has 3 aliphatic rings. The SMILES string of the molecule is NC(=O)C1=C(O)[C@@H](N)[C@@H]2C[C@H]3C(=C(O)[C@]2(O)C1=O)C(=O)c1c(c(N)cc2[nH]c(=O)oc12)[C@@H]3CSc1ccccc1. The predicted octanol–water partition coefficient (Wildman–Crippen LogP) is 1.16. The van der Waals surface area contributed by atoms with Crippen molar-refractivity contribution in [1.29, 1.82) is 0 Å². The number of nitrogens with one attached hydrogen (secondary N) is 1. The molecule has 1 amide bonds. The van der Waals surface area contributed by atoms with Gasteiger partial charge in [-0.2, -0.15) is 0 Å². The molecular weight excluding hydrogens is 540 g/mol. The zero-order valence-electron chi connectivity index (χ0n) is 20.7. The van der Waals surface area contributed by atoms with E-state index in [9.17, 15) is 34.5 Å². The highest BCUT2D eigenvalue weighted by Crippen LogP contribution is 2.56. The van der Waals surface area contributed by atoms with Crippen LogP contribution < -0.4 is 23.0 Å². The zero-order chi connectivity index (χ0) is 28.7. The Labute approximate surface area is 229 Å². The number of aromatic amines is 1. The van der Waals surface area contributed by atoms with Crippen molar-refractivity contribution in [3.8, 4) is 0 Å². The molecule has 5 atom stereocenters. The van der Waals surface area contributed by atoms with Crippen molar-refractivity contribution in [2.45, 2.75) is 28.9 Å². The van der Waals surface area contributed by atoms with Gasteiger partial charge in [0.25, 0.3) is 5.91 Å². The molecule has 0 saturated carbocycles. The summed E-state index contributed by atoms with van der Waals surface area (Å²) in [5.74, 6) is -8.47. The van der Waals surface area contributed by atoms with Gasteiger partial charge in [-0.05, 0) is 36.1 Å². The Balaban J connectivity index is 1.60. The number of ketones is 2. The summed E-state index contributed by atoms with van der Waals surface area (Å²) in [6.07, 6.45) is -0.126. The van der Waals surface area contributed by atoms with E-state index >= 15 is 0 Å². The van der Waals surface area contributed by atoms with Crippen LogP contribution in [0.25, 0.3) is 11.1 Å². The molecule has 10 N–H and O–H groups in total. The molecular formula is C27H24N4O8S. The monoisotopic (exact) mass is 564 g/mol. The first-order chi connectivity index (χ1) is 19.0. The standard InChI is InChI=1S/C27H24N4O8S/c28-13-7-14-22(39-26(37)31-14)17-15(13)11(8-40-9-4-2-1-3-5-9)10-6-12-19(29)21(33)18(25(30)36)24(35)27(12,38)23(34)16(10)20(17)32/h1-5,7,10-12,19,33-34,38H,6,8,28-29H2,(H2,30,36)(H,31,37)/t10-,11-,12+,19+,27+/m1/s1. The number of benzene rings is 2. The number of rotatable bonds is 4. The van der Waals surface area contributed by atoms with Crippen LogP contribution in [0.4, 0.5) is 5.69 Å². The molecule has 206 valence electrons. The Hall–Kier alpha value is -4.33. The fourth-order valence-corrected chi connectivity index (χ4v) is 7.46. The van der Waals surface area contributed by atoms with E-state index in [1.807, 2.05) is 30.3 Å². The maximum atomic E-state index is 14.1. The number of carbonyl (C=O) groups excluding carboxylic acids is 3. The molecule has 13 heteroatoms. The molecule has 0 fully saturated rings. The number of nitrogens with two attached hydrogens (primary N) is 3. The van der Waals surface area contributed by atoms with Crippen molar-refractivity contribution >= 4 is 46.0 Å². The third-order valence-electron chi connectivity index (χ3n) is 8.14. The van der Waals surface area contributed by atoms with E-state index in [4.69, 9.17) is 21.6 Å². The van der Waals surface area contributed by atoms with E-state index in [-0.39, 0.29) is 34.3 Å². The predicted molar refractivity (Wildman–Crippen MR) is 144 cm³/mol. The van der Waals surface area contributed by atoms with Crippen LogP contribution in [0.15, 0.2) is 73.2 Å². The van der Waals surface area contributed by atoms with Crippen LogP contribution in [-0.2, 0) is 9.59 Å². The fourth-order valence-electron chi connectivity index (χ4n) is 6.33. The second kappa shape index (κ2) is 8.84. The van der Waals surface area contributed by atoms with Crippen molar-refractivity contribution in [1.82, 2.24) is 4.98 Å². The number of hydrogen-bond donors (Lipinski definition) is 7. The summed E-state index contributed by atoms with van der Waals surface area (Å²) in [4.78, 5) is 54.9. The van der Waals surface area contributed by atoms with Crippen LogP contribution in [0.3, 0.4) is 0 Å². The third-order valence-corrected chi connectivity index (χ3v) is 9.27. The van der Waals surface area contributed by atoms with Gasteiger partial charge >= 0.3 is 5.76 Å². The number of carbonyl (C=O) groups is 3. The van der Waals surface area contributed by atoms with E-state index in [0.29, 0.717) is 11.3 Å². The van der Waals surface area contributed by atoms with E-state index in [1.165, 1.54) is 17.8 Å². The third kappa shape index (κ3) is 3.41. The summed E-state index contributed by atoms with van der Waals surface area (Å²) in [7, 11) is 0. The lowest BCUT2D eigenvalue weighted by Gasteiger charge is -2.49. The van der Waals surface area contributed by atoms with Crippen molar-refractivity contribution in [2.24, 2.45) is 23.3 Å². The van der Waals surface area contributed by atoms with E-state index in [0.717, 1.165) is 4.90 Å². The summed E-state index contributed by atoms with van der Waals surface area (Å²) in [6.45, 7) is 0. The minimum absolute atomic E-state index is 0.0760. The minimum Gasteiger partial charge on any atom is -0.510 e. The lowest BCUT2D eigenvalue weighted by atomic mass is 9.56. The first-order valence-electron chi connectivity index (χ1n) is 12.3. The van der Waals surface area contributed by atoms with Crippen molar-refractivity contribution in [2.75, 3.05) is 11.5 Å². The maximum absolute atomic E-state index is 14.1. The number of fused-ring (bicyclic) bond motifs is 5. The number of aliphatic hydroxyl groups is 3. The second-order valence-corrected chi connectivity index (χ2v) is 11.3. The van der Waals surface area contributed by atoms with Gasteiger partial charge in [0.15, 0.2) is 17.0 Å². The van der Waals surface area contributed by atoms with Crippen LogP contribution >= 0.6 is 11.8 Å². The number of thioether (sulfide) groups is 1. The summed E-state index contributed by atoms with van der Waals surface area (Å²) in [6, 6.07) is 9.43. The van der Waals surface area contributed by atoms with Gasteiger partial charge in [0.05, 0.1) is 17.1 Å². The number of aromatic nitrogens is 1. The van der Waals surface area contributed by atoms with Gasteiger partial charge in [0.2, 0.25) is 5.78 Å². The molecule has 2 aromatic carbocycles. The lowest BCUT2D eigenvalue weighted by molar-refractivity contribution is -0.145. The summed E-state index contributed by atoms with van der Waals surface area (Å²) in [5.41, 5.74) is 14.5. The molecule has 0 aliphatic heterocycles. The Kier molecular flexibility index (Phi) is 5.73. The molecule has 1 aromatic heterocycles. The summed E-state index contributed by atoms with van der Waals surface area (Å²) in [5, 5.41) is 33.8. The van der Waals surface area contributed by atoms with E-state index < -0.39 is 69.7 Å². The van der Waals surface area contributed by atoms with Gasteiger partial charge in [0.1, 0.15) is 17.1 Å². The number of amides is 1. The van der Waals surface area contributed by atoms with E-state index in [1.54, 1.807) is 0 Å². The molecule has 40 heavy (non-hydrogen) atoms. The molecule has 6 rings (SSSR count). The average Bonchev–Trinajstić information content (AvgIpc) is 3.28. The Bertz CT molecular complexity index is 1760. The molecule has 0 bridgehead atoms. The highest BCUT2D eigenvalue weighted by Gasteiger charge is 2.63. The largest absolute Gasteiger partial charge is 0.510 e. The Morgan fingerprint density at radius 2 is 1.88 bits per heavy atom. The van der Waals surface area contributed by atoms with Crippen molar-refractivity contribution in [3.05, 3.63) is 80.7 Å². The molecule has 0 saturated heterocycles. The van der Waals surface area contributed by atoms with Gasteiger partial charge < -0.3 is 36.9 Å². The Morgan fingerprint density at radius 3 is 2.55 bits per heavy atom. The lowest BCUT2D eigenvalue weighted by Crippen LogP contribution is -2.63. The van der Waals surface area contributed by atoms with Crippen molar-refractivity contribution in [3.63, 3.8) is 0 Å². The number of aliphatic hydroxyl groups excluding tert-OH is 2. The summed E-state index contributed by atoms with van der Waals surface area (Å²) >= 11 is 1.45. The number of anilines is 1. The van der Waals surface area contributed by atoms with Gasteiger partial charge in [-0.15, -0.1) is 11.8 Å². The number of hydrogen-bond acceptors (Lipinski definition) is 11. The maximum Gasteiger partial charge on any atom is 0.417 e. The topological polar surface area (TPSA) is 236 Å². The average molecular weight is 565 g/mol. The zero-order valence-corrected chi connectivity index (χ0v) is 21.5. The first-order valence-corrected chi connectivity index (χ1v) is 13.3. The highest BCUT2D eigenvalue weighted by molar-refractivity contribution is 7.99. The molecule has 3 aromatic rings. The summed E-state index contributed by atoms with van der Waals surface area (Å²) < 4.78 is 5.30. The Morgan fingerprint density at radius 1 is 1.18 bits per heavy atom. The second-order valence-electron chi connectivity index (χ2n) is 10.2. The van der Waals surface area contributed by atoms with Crippen molar-refractivity contribution < 1.29 is 34.1 Å². The fraction of sp³-hybridized carbons (Fsp3) is 0.259. The van der Waals surface area contributed by atoms with Crippen LogP contribution in [0, 0.1) is 11.8 Å². The highest BCUT2D eigenvalue weighted by atomic mass is 32.2. The van der Waals surface area contributed by atoms with E-state index in [2.05, 4.69) is 4.98 Å². The van der Waals surface area contributed by atoms with Gasteiger partial charge in [0, 0.05) is 33.7 Å². The molecule has 3 aliphatic carbocycles. The van der Waals surface area contributed by atoms with Crippen LogP contribution in [0.2, 0.25) is 0 Å². The van der Waals surface area contributed by atoms with Crippen LogP contribution in [0.1, 0.15) is 28.3 Å². The molecule has 0 spiro atoms. The number of Topliss-reactive ketones (excluding diaryl/α,β-unsaturated/α-hetero) is 2. The smallest absolute Gasteiger partial charge is 0.417 e. The van der Waals surface area contributed by atoms with Gasteiger partial charge in [-0.25, -0.2) is 4.79 Å². The number of primary amides is 1. The molecule has 0 radical (unpaired) electrons. The number of oxazole rings is 1. The molecule has 0 unspecified atom stereocenters. The quantitative estimate of drug-likeness (QED) is 0.135. The molecule has 1 heterocycles. The number of allylic oxidation sites excluding steroid dienone is 1. The molecule has 12 nitrogen and oxygen atoms in total. The van der Waals surface area contributed by atoms with Crippen LogP contribution in [-0.4, -0.2) is 55.2 Å². The number of nitrogen functional groups attached to an aromatic ring is 1. The minimum atomic E-state index is -2.80. The number of H-pyrrole nitrogens is 1. The van der Waals surface area contributed by atoms with Gasteiger partial charge in [-0.1, -0.05) is 18.2 Å². The first kappa shape index (κ1) is 25.9. The van der Waals surface area contributed by atoms with Gasteiger partial charge in [-0.3, -0.25) is 19.4 Å². The normalized spacial score (nSPS) is 27.9. The van der Waals surface area contributed by atoms with Crippen LogP contribution in [0.5, 0.6) is 0 Å².